The summed E-state index contributed by atoms with van der Waals surface area (Å²) in [6.07, 6.45) is 2.02. The highest BCUT2D eigenvalue weighted by Crippen LogP contribution is 2.44. The van der Waals surface area contributed by atoms with Gasteiger partial charge in [0, 0.05) is 18.4 Å². The smallest absolute Gasteiger partial charge is 0.407 e. The van der Waals surface area contributed by atoms with Crippen molar-refractivity contribution < 1.29 is 24.2 Å². The summed E-state index contributed by atoms with van der Waals surface area (Å²) in [5.41, 5.74) is 4.54. The topological polar surface area (TPSA) is 105 Å². The fourth-order valence-corrected chi connectivity index (χ4v) is 4.51. The molecule has 3 rings (SSSR count). The number of carboxylic acids is 1. The standard InChI is InChI=1S/C25H30N2O5S/c1-16(11-12-23(28)29)26-24(30)22(13-14-33-2)27-25(31)32-15-21-19-9-5-3-7-17(19)18-8-4-6-10-20(18)21/h3-10,16,21-22H,11-15H2,1-2H3,(H,26,30)(H,27,31)(H,28,29)/t16?,22-/m1/s1. The lowest BCUT2D eigenvalue weighted by molar-refractivity contribution is -0.137. The van der Waals surface area contributed by atoms with E-state index >= 15 is 0 Å². The summed E-state index contributed by atoms with van der Waals surface area (Å²) < 4.78 is 5.57. The molecule has 1 aliphatic rings. The first-order valence-corrected chi connectivity index (χ1v) is 12.4. The van der Waals surface area contributed by atoms with Crippen molar-refractivity contribution in [1.29, 1.82) is 0 Å². The van der Waals surface area contributed by atoms with Crippen molar-refractivity contribution in [2.45, 2.75) is 44.2 Å². The van der Waals surface area contributed by atoms with Gasteiger partial charge in [-0.1, -0.05) is 48.5 Å². The Bertz CT molecular complexity index is 951. The number of hydrogen-bond acceptors (Lipinski definition) is 5. The summed E-state index contributed by atoms with van der Waals surface area (Å²) in [5, 5.41) is 14.3. The number of alkyl carbamates (subject to hydrolysis) is 1. The van der Waals surface area contributed by atoms with E-state index in [4.69, 9.17) is 9.84 Å². The molecule has 3 N–H and O–H groups in total. The number of rotatable bonds is 11. The molecule has 0 saturated heterocycles. The number of benzene rings is 2. The van der Waals surface area contributed by atoms with Crippen LogP contribution in [0.3, 0.4) is 0 Å². The lowest BCUT2D eigenvalue weighted by atomic mass is 9.98. The number of carbonyl (C=O) groups is 3. The summed E-state index contributed by atoms with van der Waals surface area (Å²) in [7, 11) is 0. The molecule has 2 atom stereocenters. The van der Waals surface area contributed by atoms with Crippen LogP contribution in [0.2, 0.25) is 0 Å². The van der Waals surface area contributed by atoms with Crippen molar-refractivity contribution in [2.75, 3.05) is 18.6 Å². The zero-order valence-corrected chi connectivity index (χ0v) is 19.7. The summed E-state index contributed by atoms with van der Waals surface area (Å²) in [4.78, 5) is 36.1. The average molecular weight is 471 g/mol. The van der Waals surface area contributed by atoms with Gasteiger partial charge in [0.05, 0.1) is 0 Å². The van der Waals surface area contributed by atoms with Crippen molar-refractivity contribution in [3.8, 4) is 11.1 Å². The normalized spacial score (nSPS) is 14.0. The van der Waals surface area contributed by atoms with E-state index in [0.717, 1.165) is 22.3 Å². The van der Waals surface area contributed by atoms with Gasteiger partial charge in [-0.25, -0.2) is 4.79 Å². The second-order valence-electron chi connectivity index (χ2n) is 8.15. The SMILES string of the molecule is CSCC[C@@H](NC(=O)OCC1c2ccccc2-c2ccccc21)C(=O)NC(C)CCC(=O)O. The molecule has 7 nitrogen and oxygen atoms in total. The van der Waals surface area contributed by atoms with Crippen LogP contribution in [0.15, 0.2) is 48.5 Å². The van der Waals surface area contributed by atoms with Crippen LogP contribution in [0.5, 0.6) is 0 Å². The summed E-state index contributed by atoms with van der Waals surface area (Å²) >= 11 is 1.58. The Kier molecular flexibility index (Phi) is 8.77. The second kappa shape index (κ2) is 11.7. The first-order chi connectivity index (χ1) is 15.9. The van der Waals surface area contributed by atoms with Crippen LogP contribution in [0.25, 0.3) is 11.1 Å². The van der Waals surface area contributed by atoms with Gasteiger partial charge in [0.15, 0.2) is 0 Å². The molecule has 8 heteroatoms. The number of amides is 2. The third kappa shape index (κ3) is 6.51. The molecule has 2 amide bonds. The van der Waals surface area contributed by atoms with Crippen LogP contribution in [-0.4, -0.2) is 53.8 Å². The van der Waals surface area contributed by atoms with Crippen molar-refractivity contribution in [3.05, 3.63) is 59.7 Å². The van der Waals surface area contributed by atoms with Gasteiger partial charge in [0.1, 0.15) is 12.6 Å². The third-order valence-corrected chi connectivity index (χ3v) is 6.39. The number of fused-ring (bicyclic) bond motifs is 3. The van der Waals surface area contributed by atoms with E-state index in [9.17, 15) is 14.4 Å². The van der Waals surface area contributed by atoms with Gasteiger partial charge in [-0.2, -0.15) is 11.8 Å². The fraction of sp³-hybridized carbons (Fsp3) is 0.400. The van der Waals surface area contributed by atoms with E-state index in [1.54, 1.807) is 18.7 Å². The first kappa shape index (κ1) is 24.6. The van der Waals surface area contributed by atoms with Gasteiger partial charge in [-0.3, -0.25) is 9.59 Å². The number of nitrogens with one attached hydrogen (secondary N) is 2. The Morgan fingerprint density at radius 1 is 1.00 bits per heavy atom. The van der Waals surface area contributed by atoms with E-state index in [1.807, 2.05) is 30.5 Å². The summed E-state index contributed by atoms with van der Waals surface area (Å²) in [6.45, 7) is 1.92. The number of hydrogen-bond donors (Lipinski definition) is 3. The van der Waals surface area contributed by atoms with Crippen molar-refractivity contribution in [3.63, 3.8) is 0 Å². The Labute approximate surface area is 198 Å². The van der Waals surface area contributed by atoms with E-state index in [1.165, 1.54) is 0 Å². The molecule has 0 heterocycles. The Morgan fingerprint density at radius 2 is 1.61 bits per heavy atom. The minimum atomic E-state index is -0.910. The third-order valence-electron chi connectivity index (χ3n) is 5.74. The monoisotopic (exact) mass is 470 g/mol. The zero-order valence-electron chi connectivity index (χ0n) is 18.9. The minimum absolute atomic E-state index is 0.0310. The molecule has 1 aliphatic carbocycles. The molecule has 1 unspecified atom stereocenters. The van der Waals surface area contributed by atoms with Crippen molar-refractivity contribution >= 4 is 29.7 Å². The van der Waals surface area contributed by atoms with Crippen LogP contribution < -0.4 is 10.6 Å². The highest BCUT2D eigenvalue weighted by atomic mass is 32.2. The number of carbonyl (C=O) groups excluding carboxylic acids is 2. The highest BCUT2D eigenvalue weighted by molar-refractivity contribution is 7.98. The molecule has 0 spiro atoms. The minimum Gasteiger partial charge on any atom is -0.481 e. The Morgan fingerprint density at radius 3 is 2.18 bits per heavy atom. The van der Waals surface area contributed by atoms with Crippen molar-refractivity contribution in [1.82, 2.24) is 10.6 Å². The molecule has 0 aliphatic heterocycles. The zero-order chi connectivity index (χ0) is 23.8. The predicted molar refractivity (Wildman–Crippen MR) is 129 cm³/mol. The summed E-state index contributed by atoms with van der Waals surface area (Å²) in [5.74, 6) is -0.620. The molecular weight excluding hydrogens is 440 g/mol. The van der Waals surface area contributed by atoms with E-state index in [2.05, 4.69) is 34.9 Å². The molecule has 0 fully saturated rings. The Hall–Kier alpha value is -3.00. The molecule has 0 bridgehead atoms. The maximum atomic E-state index is 12.7. The van der Waals surface area contributed by atoms with Gasteiger partial charge in [-0.15, -0.1) is 0 Å². The highest BCUT2D eigenvalue weighted by Gasteiger charge is 2.30. The van der Waals surface area contributed by atoms with Gasteiger partial charge in [0.25, 0.3) is 0 Å². The fourth-order valence-electron chi connectivity index (χ4n) is 4.04. The largest absolute Gasteiger partial charge is 0.481 e. The number of carboxylic acid groups (broad SMARTS) is 1. The van der Waals surface area contributed by atoms with Crippen LogP contribution in [0.1, 0.15) is 43.2 Å². The van der Waals surface area contributed by atoms with Gasteiger partial charge in [0.2, 0.25) is 5.91 Å². The molecule has 0 aromatic heterocycles. The second-order valence-corrected chi connectivity index (χ2v) is 9.13. The van der Waals surface area contributed by atoms with E-state index < -0.39 is 18.1 Å². The average Bonchev–Trinajstić information content (AvgIpc) is 3.12. The molecule has 2 aromatic carbocycles. The van der Waals surface area contributed by atoms with Gasteiger partial charge < -0.3 is 20.5 Å². The van der Waals surface area contributed by atoms with Gasteiger partial charge in [-0.05, 0) is 54.0 Å². The lowest BCUT2D eigenvalue weighted by Crippen LogP contribution is -2.49. The van der Waals surface area contributed by atoms with Crippen LogP contribution in [0, 0.1) is 0 Å². The predicted octanol–water partition coefficient (Wildman–Crippen LogP) is 4.02. The molecular formula is C25H30N2O5S. The molecule has 176 valence electrons. The number of aliphatic carboxylic acids is 1. The quantitative estimate of drug-likeness (QED) is 0.458. The van der Waals surface area contributed by atoms with Crippen LogP contribution >= 0.6 is 11.8 Å². The first-order valence-electron chi connectivity index (χ1n) is 11.0. The van der Waals surface area contributed by atoms with Gasteiger partial charge >= 0.3 is 12.1 Å². The van der Waals surface area contributed by atoms with E-state index in [-0.39, 0.29) is 30.9 Å². The van der Waals surface area contributed by atoms with Crippen LogP contribution in [0.4, 0.5) is 4.79 Å². The maximum absolute atomic E-state index is 12.7. The molecule has 0 radical (unpaired) electrons. The number of ether oxygens (including phenoxy) is 1. The van der Waals surface area contributed by atoms with Crippen LogP contribution in [-0.2, 0) is 14.3 Å². The van der Waals surface area contributed by atoms with E-state index in [0.29, 0.717) is 18.6 Å². The maximum Gasteiger partial charge on any atom is 0.407 e. The number of thioether (sulfide) groups is 1. The Balaban J connectivity index is 1.60. The molecule has 2 aromatic rings. The molecule has 0 saturated carbocycles. The lowest BCUT2D eigenvalue weighted by Gasteiger charge is -2.21. The summed E-state index contributed by atoms with van der Waals surface area (Å²) in [6, 6.07) is 15.1. The van der Waals surface area contributed by atoms with Crippen molar-refractivity contribution in [2.24, 2.45) is 0 Å². The molecule has 33 heavy (non-hydrogen) atoms.